The molecule has 0 saturated carbocycles. The van der Waals surface area contributed by atoms with E-state index in [9.17, 15) is 15.0 Å². The maximum Gasteiger partial charge on any atom is 0.204 e. The van der Waals surface area contributed by atoms with Gasteiger partial charge >= 0.3 is 0 Å². The van der Waals surface area contributed by atoms with Crippen molar-refractivity contribution in [3.05, 3.63) is 46.1 Å². The molecule has 2 heterocycles. The summed E-state index contributed by atoms with van der Waals surface area (Å²) >= 11 is 0. The summed E-state index contributed by atoms with van der Waals surface area (Å²) in [6, 6.07) is 8.21. The second-order valence-corrected chi connectivity index (χ2v) is 6.48. The molecule has 0 saturated heterocycles. The van der Waals surface area contributed by atoms with Gasteiger partial charge in [-0.2, -0.15) is 0 Å². The fourth-order valence-electron chi connectivity index (χ4n) is 3.03. The Morgan fingerprint density at radius 1 is 1.22 bits per heavy atom. The summed E-state index contributed by atoms with van der Waals surface area (Å²) in [5.41, 5.74) is 0.272. The van der Waals surface area contributed by atoms with E-state index in [0.29, 0.717) is 28.7 Å². The summed E-state index contributed by atoms with van der Waals surface area (Å²) in [5, 5.41) is 20.6. The molecule has 4 rings (SSSR count). The van der Waals surface area contributed by atoms with Gasteiger partial charge in [0.15, 0.2) is 11.3 Å². The topological polar surface area (TPSA) is 79.9 Å². The predicted molar refractivity (Wildman–Crippen MR) is 86.1 cm³/mol. The van der Waals surface area contributed by atoms with E-state index in [1.807, 2.05) is 6.07 Å². The lowest BCUT2D eigenvalue weighted by Crippen LogP contribution is -2.39. The molecule has 5 heteroatoms. The molecule has 0 aliphatic carbocycles. The summed E-state index contributed by atoms with van der Waals surface area (Å²) in [5.74, 6) is 0.394. The Hall–Kier alpha value is -2.53. The highest BCUT2D eigenvalue weighted by atomic mass is 16.5. The zero-order valence-electron chi connectivity index (χ0n) is 12.8. The van der Waals surface area contributed by atoms with Crippen molar-refractivity contribution < 1.29 is 19.4 Å². The van der Waals surface area contributed by atoms with Crippen molar-refractivity contribution >= 4 is 21.9 Å². The smallest absolute Gasteiger partial charge is 0.204 e. The van der Waals surface area contributed by atoms with Crippen LogP contribution >= 0.6 is 0 Å². The van der Waals surface area contributed by atoms with Crippen LogP contribution in [0.3, 0.4) is 0 Å². The van der Waals surface area contributed by atoms with Gasteiger partial charge in [0.25, 0.3) is 0 Å². The average Bonchev–Trinajstić information content (AvgIpc) is 2.92. The van der Waals surface area contributed by atoms with Gasteiger partial charge in [-0.15, -0.1) is 0 Å². The highest BCUT2D eigenvalue weighted by Crippen LogP contribution is 2.39. The second kappa shape index (κ2) is 4.49. The van der Waals surface area contributed by atoms with Gasteiger partial charge in [-0.25, -0.2) is 0 Å². The quantitative estimate of drug-likeness (QED) is 0.675. The van der Waals surface area contributed by atoms with Gasteiger partial charge in [-0.3, -0.25) is 4.79 Å². The summed E-state index contributed by atoms with van der Waals surface area (Å²) in [7, 11) is 0. The molecule has 118 valence electrons. The molecule has 1 aromatic heterocycles. The largest absolute Gasteiger partial charge is 0.507 e. The van der Waals surface area contributed by atoms with Crippen molar-refractivity contribution in [1.82, 2.24) is 0 Å². The lowest BCUT2D eigenvalue weighted by atomic mass is 9.97. The molecule has 1 aliphatic rings. The van der Waals surface area contributed by atoms with Gasteiger partial charge in [0, 0.05) is 12.0 Å². The Balaban J connectivity index is 2.03. The minimum Gasteiger partial charge on any atom is -0.507 e. The van der Waals surface area contributed by atoms with E-state index in [0.717, 1.165) is 5.56 Å². The monoisotopic (exact) mass is 312 g/mol. The fourth-order valence-corrected chi connectivity index (χ4v) is 3.03. The SMILES string of the molecule is CC(C)(O)[C@H]1Cc2ccc3c(=O)c4c(O)cccc4oc3c2O1. The zero-order chi connectivity index (χ0) is 16.4. The highest BCUT2D eigenvalue weighted by molar-refractivity contribution is 5.95. The number of hydrogen-bond acceptors (Lipinski definition) is 5. The molecule has 0 unspecified atom stereocenters. The van der Waals surface area contributed by atoms with Crippen LogP contribution in [0.15, 0.2) is 39.5 Å². The van der Waals surface area contributed by atoms with Gasteiger partial charge in [-0.05, 0) is 32.0 Å². The molecule has 1 aliphatic heterocycles. The number of aliphatic hydroxyl groups is 1. The van der Waals surface area contributed by atoms with E-state index in [2.05, 4.69) is 0 Å². The lowest BCUT2D eigenvalue weighted by molar-refractivity contribution is -0.0227. The molecule has 1 atom stereocenters. The predicted octanol–water partition coefficient (Wildman–Crippen LogP) is 2.73. The third-order valence-electron chi connectivity index (χ3n) is 4.33. The molecule has 3 aromatic rings. The number of fused-ring (bicyclic) bond motifs is 4. The Bertz CT molecular complexity index is 994. The van der Waals surface area contributed by atoms with Crippen molar-refractivity contribution in [2.24, 2.45) is 0 Å². The first kappa shape index (κ1) is 14.1. The molecule has 5 nitrogen and oxygen atoms in total. The summed E-state index contributed by atoms with van der Waals surface area (Å²) in [6.45, 7) is 3.38. The van der Waals surface area contributed by atoms with E-state index in [1.54, 1.807) is 32.0 Å². The van der Waals surface area contributed by atoms with Crippen LogP contribution in [0.25, 0.3) is 21.9 Å². The molecule has 0 bridgehead atoms. The number of phenolic OH excluding ortho intramolecular Hbond substituents is 1. The number of ether oxygens (including phenoxy) is 1. The number of hydrogen-bond donors (Lipinski definition) is 2. The van der Waals surface area contributed by atoms with Crippen molar-refractivity contribution in [3.63, 3.8) is 0 Å². The van der Waals surface area contributed by atoms with Crippen molar-refractivity contribution in [3.8, 4) is 11.5 Å². The summed E-state index contributed by atoms with van der Waals surface area (Å²) < 4.78 is 11.7. The van der Waals surface area contributed by atoms with Crippen LogP contribution in [-0.4, -0.2) is 21.9 Å². The van der Waals surface area contributed by atoms with E-state index < -0.39 is 11.7 Å². The standard InChI is InChI=1S/C18H16O5/c1-18(2,21)13-8-9-6-7-10-15(20)14-11(19)4-3-5-12(14)22-17(10)16(9)23-13/h3-7,13,19,21H,8H2,1-2H3/t13-/m1/s1. The maximum absolute atomic E-state index is 12.7. The molecule has 2 aromatic carbocycles. The van der Waals surface area contributed by atoms with Crippen LogP contribution in [0, 0.1) is 0 Å². The molecule has 0 amide bonds. The zero-order valence-corrected chi connectivity index (χ0v) is 12.8. The Labute approximate surface area is 131 Å². The van der Waals surface area contributed by atoms with Gasteiger partial charge in [0.1, 0.15) is 22.8 Å². The van der Waals surface area contributed by atoms with Gasteiger partial charge in [-0.1, -0.05) is 12.1 Å². The lowest BCUT2D eigenvalue weighted by Gasteiger charge is -2.24. The van der Waals surface area contributed by atoms with Crippen molar-refractivity contribution in [2.45, 2.75) is 32.0 Å². The van der Waals surface area contributed by atoms with Gasteiger partial charge < -0.3 is 19.4 Å². The Kier molecular flexibility index (Phi) is 2.75. The van der Waals surface area contributed by atoms with Crippen LogP contribution < -0.4 is 10.2 Å². The number of rotatable bonds is 1. The van der Waals surface area contributed by atoms with Crippen LogP contribution in [0.2, 0.25) is 0 Å². The second-order valence-electron chi connectivity index (χ2n) is 6.48. The van der Waals surface area contributed by atoms with Crippen molar-refractivity contribution in [1.29, 1.82) is 0 Å². The molecule has 0 fully saturated rings. The van der Waals surface area contributed by atoms with E-state index in [-0.39, 0.29) is 16.6 Å². The minimum atomic E-state index is -0.999. The van der Waals surface area contributed by atoms with Crippen LogP contribution in [-0.2, 0) is 6.42 Å². The summed E-state index contributed by atoms with van der Waals surface area (Å²) in [4.78, 5) is 12.7. The minimum absolute atomic E-state index is 0.103. The Morgan fingerprint density at radius 2 is 2.00 bits per heavy atom. The summed E-state index contributed by atoms with van der Waals surface area (Å²) in [6.07, 6.45) is 0.157. The maximum atomic E-state index is 12.7. The third-order valence-corrected chi connectivity index (χ3v) is 4.33. The number of aromatic hydroxyl groups is 1. The van der Waals surface area contributed by atoms with Crippen molar-refractivity contribution in [2.75, 3.05) is 0 Å². The van der Waals surface area contributed by atoms with E-state index in [4.69, 9.17) is 9.15 Å². The normalized spacial score (nSPS) is 17.4. The number of phenols is 1. The molecular weight excluding hydrogens is 296 g/mol. The molecule has 0 radical (unpaired) electrons. The van der Waals surface area contributed by atoms with Gasteiger partial charge in [0.05, 0.1) is 11.0 Å². The molecular formula is C18H16O5. The molecule has 2 N–H and O–H groups in total. The van der Waals surface area contributed by atoms with Crippen LogP contribution in [0.5, 0.6) is 11.5 Å². The van der Waals surface area contributed by atoms with Crippen LogP contribution in [0.1, 0.15) is 19.4 Å². The van der Waals surface area contributed by atoms with Gasteiger partial charge in [0.2, 0.25) is 5.43 Å². The molecule has 23 heavy (non-hydrogen) atoms. The van der Waals surface area contributed by atoms with E-state index >= 15 is 0 Å². The first-order valence-corrected chi connectivity index (χ1v) is 7.45. The number of benzene rings is 2. The first-order chi connectivity index (χ1) is 10.9. The first-order valence-electron chi connectivity index (χ1n) is 7.45. The van der Waals surface area contributed by atoms with E-state index in [1.165, 1.54) is 6.07 Å². The highest BCUT2D eigenvalue weighted by Gasteiger charge is 2.36. The Morgan fingerprint density at radius 3 is 2.74 bits per heavy atom. The molecule has 0 spiro atoms. The fraction of sp³-hybridized carbons (Fsp3) is 0.278. The third kappa shape index (κ3) is 2.00. The van der Waals surface area contributed by atoms with Crippen LogP contribution in [0.4, 0.5) is 0 Å². The average molecular weight is 312 g/mol.